The fourth-order valence-electron chi connectivity index (χ4n) is 5.36. The van der Waals surface area contributed by atoms with Gasteiger partial charge in [0.15, 0.2) is 0 Å². The predicted octanol–water partition coefficient (Wildman–Crippen LogP) is 3.20. The van der Waals surface area contributed by atoms with Gasteiger partial charge in [0.05, 0.1) is 11.1 Å². The normalized spacial score (nSPS) is 18.8. The van der Waals surface area contributed by atoms with E-state index in [0.29, 0.717) is 49.3 Å². The Hall–Kier alpha value is -3.43. The molecule has 0 aromatic heterocycles. The van der Waals surface area contributed by atoms with E-state index in [4.69, 9.17) is 4.74 Å². The van der Waals surface area contributed by atoms with E-state index in [9.17, 15) is 24.0 Å². The van der Waals surface area contributed by atoms with Crippen LogP contribution in [0, 0.1) is 0 Å². The zero-order valence-electron chi connectivity index (χ0n) is 22.6. The maximum absolute atomic E-state index is 13.3. The van der Waals surface area contributed by atoms with Crippen LogP contribution in [0.4, 0.5) is 4.79 Å². The third-order valence-corrected chi connectivity index (χ3v) is 7.25. The van der Waals surface area contributed by atoms with Gasteiger partial charge in [-0.25, -0.2) is 4.79 Å². The maximum atomic E-state index is 13.3. The SMILES string of the molecule is CC(C)(C)OC(=O)NCCC(=O)N1CCCN(C(=O)c2ccc3c(c2)C(=O)N(C2CCCCC2)C3=O)CC1. The summed E-state index contributed by atoms with van der Waals surface area (Å²) in [5, 5.41) is 2.60. The molecule has 10 heteroatoms. The van der Waals surface area contributed by atoms with Crippen LogP contribution < -0.4 is 5.32 Å². The van der Waals surface area contributed by atoms with Crippen molar-refractivity contribution in [1.29, 1.82) is 0 Å². The van der Waals surface area contributed by atoms with Crippen molar-refractivity contribution in [3.63, 3.8) is 0 Å². The van der Waals surface area contributed by atoms with Crippen molar-refractivity contribution in [2.24, 2.45) is 0 Å². The van der Waals surface area contributed by atoms with Gasteiger partial charge in [0, 0.05) is 50.7 Å². The Kier molecular flexibility index (Phi) is 8.38. The Morgan fingerprint density at radius 1 is 0.895 bits per heavy atom. The number of alkyl carbamates (subject to hydrolysis) is 1. The van der Waals surface area contributed by atoms with Gasteiger partial charge in [-0.15, -0.1) is 0 Å². The minimum absolute atomic E-state index is 0.0660. The van der Waals surface area contributed by atoms with Gasteiger partial charge in [0.1, 0.15) is 5.60 Å². The lowest BCUT2D eigenvalue weighted by Crippen LogP contribution is -2.40. The van der Waals surface area contributed by atoms with Crippen LogP contribution in [-0.4, -0.2) is 88.8 Å². The van der Waals surface area contributed by atoms with E-state index >= 15 is 0 Å². The van der Waals surface area contributed by atoms with Gasteiger partial charge in [-0.1, -0.05) is 19.3 Å². The van der Waals surface area contributed by atoms with Gasteiger partial charge in [-0.05, 0) is 58.2 Å². The summed E-state index contributed by atoms with van der Waals surface area (Å²) in [5.41, 5.74) is 0.433. The van der Waals surface area contributed by atoms with Crippen LogP contribution in [0.5, 0.6) is 0 Å². The summed E-state index contributed by atoms with van der Waals surface area (Å²) in [6.45, 7) is 7.24. The van der Waals surface area contributed by atoms with E-state index < -0.39 is 11.7 Å². The third kappa shape index (κ3) is 6.34. The molecule has 2 aliphatic heterocycles. The van der Waals surface area contributed by atoms with Crippen molar-refractivity contribution in [3.8, 4) is 0 Å². The Morgan fingerprint density at radius 2 is 1.55 bits per heavy atom. The number of fused-ring (bicyclic) bond motifs is 1. The number of nitrogens with one attached hydrogen (secondary N) is 1. The second-order valence-corrected chi connectivity index (χ2v) is 11.2. The Balaban J connectivity index is 1.32. The number of ether oxygens (including phenoxy) is 1. The summed E-state index contributed by atoms with van der Waals surface area (Å²) < 4.78 is 5.18. The molecule has 0 radical (unpaired) electrons. The third-order valence-electron chi connectivity index (χ3n) is 7.25. The van der Waals surface area contributed by atoms with Gasteiger partial charge in [0.25, 0.3) is 17.7 Å². The summed E-state index contributed by atoms with van der Waals surface area (Å²) >= 11 is 0. The Labute approximate surface area is 223 Å². The standard InChI is InChI=1S/C28H38N4O6/c1-28(2,3)38-27(37)29-13-12-23(33)30-14-7-15-31(17-16-30)24(34)19-10-11-21-22(18-19)26(36)32(25(21)35)20-8-5-4-6-9-20/h10-11,18,20H,4-9,12-17H2,1-3H3,(H,29,37). The van der Waals surface area contributed by atoms with Gasteiger partial charge < -0.3 is 19.9 Å². The maximum Gasteiger partial charge on any atom is 0.407 e. The summed E-state index contributed by atoms with van der Waals surface area (Å²) in [6, 6.07) is 4.70. The number of hydrogen-bond donors (Lipinski definition) is 1. The Bertz CT molecular complexity index is 1110. The molecule has 1 aliphatic carbocycles. The smallest absolute Gasteiger partial charge is 0.407 e. The second-order valence-electron chi connectivity index (χ2n) is 11.2. The molecule has 3 aliphatic rings. The molecule has 10 nitrogen and oxygen atoms in total. The van der Waals surface area contributed by atoms with E-state index in [-0.39, 0.29) is 42.6 Å². The average molecular weight is 527 g/mol. The van der Waals surface area contributed by atoms with Crippen LogP contribution in [-0.2, 0) is 9.53 Å². The minimum atomic E-state index is -0.606. The second kappa shape index (κ2) is 11.5. The molecule has 2 heterocycles. The van der Waals surface area contributed by atoms with E-state index in [1.54, 1.807) is 48.8 Å². The fraction of sp³-hybridized carbons (Fsp3) is 0.607. The van der Waals surface area contributed by atoms with Crippen LogP contribution in [0.3, 0.4) is 0 Å². The molecule has 1 saturated heterocycles. The summed E-state index contributed by atoms with van der Waals surface area (Å²) in [7, 11) is 0. The minimum Gasteiger partial charge on any atom is -0.444 e. The van der Waals surface area contributed by atoms with Crippen molar-refractivity contribution in [1.82, 2.24) is 20.0 Å². The number of hydrogen-bond acceptors (Lipinski definition) is 6. The number of amides is 5. The van der Waals surface area contributed by atoms with E-state index in [1.165, 1.54) is 4.90 Å². The molecule has 5 amide bonds. The first kappa shape index (κ1) is 27.6. The van der Waals surface area contributed by atoms with Crippen LogP contribution in [0.15, 0.2) is 18.2 Å². The highest BCUT2D eigenvalue weighted by Gasteiger charge is 2.40. The lowest BCUT2D eigenvalue weighted by atomic mass is 9.94. The number of carbonyl (C=O) groups excluding carboxylic acids is 5. The Morgan fingerprint density at radius 3 is 2.26 bits per heavy atom. The monoisotopic (exact) mass is 526 g/mol. The highest BCUT2D eigenvalue weighted by molar-refractivity contribution is 6.22. The van der Waals surface area contributed by atoms with Crippen molar-refractivity contribution < 1.29 is 28.7 Å². The van der Waals surface area contributed by atoms with Crippen molar-refractivity contribution >= 4 is 29.7 Å². The molecule has 38 heavy (non-hydrogen) atoms. The molecule has 4 rings (SSSR count). The number of imide groups is 1. The van der Waals surface area contributed by atoms with Crippen molar-refractivity contribution in [2.75, 3.05) is 32.7 Å². The molecule has 0 atom stereocenters. The molecule has 2 fully saturated rings. The first-order valence-corrected chi connectivity index (χ1v) is 13.6. The molecule has 1 saturated carbocycles. The molecule has 0 bridgehead atoms. The van der Waals surface area contributed by atoms with Crippen molar-refractivity contribution in [2.45, 2.75) is 77.4 Å². The molecule has 1 aromatic rings. The first-order chi connectivity index (χ1) is 18.0. The molecule has 206 valence electrons. The highest BCUT2D eigenvalue weighted by Crippen LogP contribution is 2.31. The largest absolute Gasteiger partial charge is 0.444 e. The van der Waals surface area contributed by atoms with Crippen LogP contribution in [0.2, 0.25) is 0 Å². The van der Waals surface area contributed by atoms with Crippen LogP contribution in [0.1, 0.15) is 96.8 Å². The number of rotatable bonds is 5. The predicted molar refractivity (Wildman–Crippen MR) is 140 cm³/mol. The quantitative estimate of drug-likeness (QED) is 0.589. The number of nitrogens with zero attached hydrogens (tertiary/aromatic N) is 3. The summed E-state index contributed by atoms with van der Waals surface area (Å²) in [5.74, 6) is -0.884. The van der Waals surface area contributed by atoms with Gasteiger partial charge in [-0.3, -0.25) is 24.1 Å². The zero-order valence-corrected chi connectivity index (χ0v) is 22.6. The molecule has 1 N–H and O–H groups in total. The molecule has 0 spiro atoms. The lowest BCUT2D eigenvalue weighted by molar-refractivity contribution is -0.130. The van der Waals surface area contributed by atoms with E-state index in [1.807, 2.05) is 0 Å². The molecule has 1 aromatic carbocycles. The van der Waals surface area contributed by atoms with Gasteiger partial charge in [0.2, 0.25) is 5.91 Å². The van der Waals surface area contributed by atoms with Gasteiger partial charge in [-0.2, -0.15) is 0 Å². The van der Waals surface area contributed by atoms with Crippen LogP contribution >= 0.6 is 0 Å². The lowest BCUT2D eigenvalue weighted by Gasteiger charge is -2.29. The molecule has 0 unspecified atom stereocenters. The van der Waals surface area contributed by atoms with Gasteiger partial charge >= 0.3 is 6.09 Å². The van der Waals surface area contributed by atoms with E-state index in [0.717, 1.165) is 32.1 Å². The number of benzene rings is 1. The highest BCUT2D eigenvalue weighted by atomic mass is 16.6. The summed E-state index contributed by atoms with van der Waals surface area (Å²) in [6.07, 6.45) is 5.01. The van der Waals surface area contributed by atoms with E-state index in [2.05, 4.69) is 5.32 Å². The summed E-state index contributed by atoms with van der Waals surface area (Å²) in [4.78, 5) is 68.6. The van der Waals surface area contributed by atoms with Crippen molar-refractivity contribution in [3.05, 3.63) is 34.9 Å². The molecular weight excluding hydrogens is 488 g/mol. The fourth-order valence-corrected chi connectivity index (χ4v) is 5.36. The van der Waals surface area contributed by atoms with Crippen LogP contribution in [0.25, 0.3) is 0 Å². The topological polar surface area (TPSA) is 116 Å². The molecular formula is C28H38N4O6. The first-order valence-electron chi connectivity index (χ1n) is 13.6. The zero-order chi connectivity index (χ0) is 27.4. The average Bonchev–Trinajstić information content (AvgIpc) is 3.02. The number of carbonyl (C=O) groups is 5.